The van der Waals surface area contributed by atoms with Crippen LogP contribution in [0.25, 0.3) is 0 Å². The number of nitrogens with zero attached hydrogens (tertiary/aromatic N) is 3. The van der Waals surface area contributed by atoms with Crippen molar-refractivity contribution in [3.05, 3.63) is 29.3 Å². The van der Waals surface area contributed by atoms with Gasteiger partial charge in [0, 0.05) is 49.9 Å². The maximum absolute atomic E-state index is 13.0. The summed E-state index contributed by atoms with van der Waals surface area (Å²) in [5, 5.41) is 0. The number of urea groups is 1. The van der Waals surface area contributed by atoms with E-state index in [-0.39, 0.29) is 12.6 Å². The molecule has 1 fully saturated rings. The first-order valence-electron chi connectivity index (χ1n) is 10.8. The summed E-state index contributed by atoms with van der Waals surface area (Å²) in [4.78, 5) is 30.6. The molecule has 3 amide bonds. The van der Waals surface area contributed by atoms with Gasteiger partial charge in [-0.05, 0) is 38.5 Å². The highest BCUT2D eigenvalue weighted by atomic mass is 32.2. The van der Waals surface area contributed by atoms with Crippen LogP contribution >= 0.6 is 11.8 Å². The Labute approximate surface area is 192 Å². The zero-order chi connectivity index (χ0) is 24.1. The van der Waals surface area contributed by atoms with E-state index >= 15 is 0 Å². The van der Waals surface area contributed by atoms with Crippen LogP contribution in [-0.4, -0.2) is 70.9 Å². The monoisotopic (exact) mass is 475 g/mol. The zero-order valence-corrected chi connectivity index (χ0v) is 20.1. The number of ether oxygens (including phenoxy) is 1. The molecular weight excluding hydrogens is 443 g/mol. The maximum atomic E-state index is 13.0. The van der Waals surface area contributed by atoms with Crippen molar-refractivity contribution in [2.75, 3.05) is 38.5 Å². The van der Waals surface area contributed by atoms with Crippen LogP contribution in [0.2, 0.25) is 0 Å². The lowest BCUT2D eigenvalue weighted by Crippen LogP contribution is -2.54. The van der Waals surface area contributed by atoms with Crippen LogP contribution in [0, 0.1) is 0 Å². The van der Waals surface area contributed by atoms with Crippen LogP contribution in [0.4, 0.5) is 22.8 Å². The van der Waals surface area contributed by atoms with Crippen molar-refractivity contribution in [2.45, 2.75) is 57.8 Å². The molecule has 2 aliphatic heterocycles. The minimum Gasteiger partial charge on any atom is -0.444 e. The summed E-state index contributed by atoms with van der Waals surface area (Å²) in [6.45, 7) is 11.7. The van der Waals surface area contributed by atoms with Gasteiger partial charge >= 0.3 is 18.3 Å². The van der Waals surface area contributed by atoms with Crippen LogP contribution in [-0.2, 0) is 17.5 Å². The Morgan fingerprint density at radius 1 is 0.938 bits per heavy atom. The second-order valence-corrected chi connectivity index (χ2v) is 9.46. The molecule has 32 heavy (non-hydrogen) atoms. The van der Waals surface area contributed by atoms with E-state index in [1.54, 1.807) is 35.5 Å². The molecular formula is C22H32F3N3O3S. The van der Waals surface area contributed by atoms with Gasteiger partial charge in [0.2, 0.25) is 0 Å². The van der Waals surface area contributed by atoms with Crippen molar-refractivity contribution in [3.8, 4) is 0 Å². The third-order valence-corrected chi connectivity index (χ3v) is 5.92. The molecule has 0 unspecified atom stereocenters. The molecule has 2 aliphatic rings. The third kappa shape index (κ3) is 6.95. The van der Waals surface area contributed by atoms with Crippen LogP contribution in [0.1, 0.15) is 45.7 Å². The Morgan fingerprint density at radius 2 is 1.53 bits per heavy atom. The molecule has 0 radical (unpaired) electrons. The maximum Gasteiger partial charge on any atom is 0.416 e. The fourth-order valence-electron chi connectivity index (χ4n) is 3.32. The van der Waals surface area contributed by atoms with Gasteiger partial charge in [-0.25, -0.2) is 9.59 Å². The number of alkyl halides is 3. The summed E-state index contributed by atoms with van der Waals surface area (Å²) >= 11 is 1.34. The molecule has 0 atom stereocenters. The summed E-state index contributed by atoms with van der Waals surface area (Å²) in [6.07, 6.45) is -4.78. The van der Waals surface area contributed by atoms with Gasteiger partial charge in [0.05, 0.1) is 5.56 Å². The number of carbonyl (C=O) groups excluding carboxylic acids is 2. The van der Waals surface area contributed by atoms with Crippen LogP contribution < -0.4 is 0 Å². The number of benzene rings is 1. The molecule has 0 N–H and O–H groups in total. The molecule has 180 valence electrons. The van der Waals surface area contributed by atoms with Crippen molar-refractivity contribution >= 4 is 23.9 Å². The van der Waals surface area contributed by atoms with Crippen LogP contribution in [0.5, 0.6) is 0 Å². The molecule has 2 heterocycles. The number of thioether (sulfide) groups is 1. The van der Waals surface area contributed by atoms with Crippen molar-refractivity contribution in [1.29, 1.82) is 0 Å². The van der Waals surface area contributed by atoms with Crippen molar-refractivity contribution in [3.63, 3.8) is 0 Å². The lowest BCUT2D eigenvalue weighted by molar-refractivity contribution is -0.137. The quantitative estimate of drug-likeness (QED) is 0.510. The molecule has 6 nitrogen and oxygen atoms in total. The molecule has 10 heteroatoms. The number of hydrogen-bond donors (Lipinski definition) is 0. The summed E-state index contributed by atoms with van der Waals surface area (Å²) in [6, 6.07) is 3.52. The van der Waals surface area contributed by atoms with Gasteiger partial charge in [0.25, 0.3) is 0 Å². The smallest absolute Gasteiger partial charge is 0.416 e. The van der Waals surface area contributed by atoms with E-state index in [9.17, 15) is 22.8 Å². The lowest BCUT2D eigenvalue weighted by Gasteiger charge is -2.37. The number of carbonyl (C=O) groups is 2. The third-order valence-electron chi connectivity index (χ3n) is 4.85. The van der Waals surface area contributed by atoms with Crippen LogP contribution in [0.3, 0.4) is 0 Å². The Bertz CT molecular complexity index is 804. The van der Waals surface area contributed by atoms with Gasteiger partial charge in [-0.1, -0.05) is 19.9 Å². The summed E-state index contributed by atoms with van der Waals surface area (Å²) in [7, 11) is 0. The molecule has 0 aromatic heterocycles. The predicted molar refractivity (Wildman–Crippen MR) is 119 cm³/mol. The number of fused-ring (bicyclic) bond motifs is 1. The summed E-state index contributed by atoms with van der Waals surface area (Å²) in [5.74, 6) is 0.526. The molecule has 0 aliphatic carbocycles. The van der Waals surface area contributed by atoms with E-state index in [1.165, 1.54) is 17.8 Å². The summed E-state index contributed by atoms with van der Waals surface area (Å²) < 4.78 is 44.3. The molecule has 0 saturated carbocycles. The van der Waals surface area contributed by atoms with E-state index in [1.807, 2.05) is 13.8 Å². The van der Waals surface area contributed by atoms with Crippen molar-refractivity contribution in [2.24, 2.45) is 0 Å². The highest BCUT2D eigenvalue weighted by Gasteiger charge is 2.33. The highest BCUT2D eigenvalue weighted by molar-refractivity contribution is 7.99. The average Bonchev–Trinajstić information content (AvgIpc) is 2.95. The molecule has 3 rings (SSSR count). The number of amides is 3. The topological polar surface area (TPSA) is 53.1 Å². The highest BCUT2D eigenvalue weighted by Crippen LogP contribution is 2.35. The van der Waals surface area contributed by atoms with Gasteiger partial charge in [-0.3, -0.25) is 0 Å². The first-order chi connectivity index (χ1) is 14.9. The SMILES string of the molecule is CC.CC(C)(C)OC(=O)N1CCN(C(=O)N2CCSc3cc(C(F)(F)F)ccc3C2)CC1. The Kier molecular flexibility index (Phi) is 8.73. The van der Waals surface area contributed by atoms with Gasteiger partial charge in [0.15, 0.2) is 0 Å². The number of hydrogen-bond acceptors (Lipinski definition) is 4. The lowest BCUT2D eigenvalue weighted by atomic mass is 10.1. The molecule has 1 aromatic carbocycles. The van der Waals surface area contributed by atoms with Gasteiger partial charge < -0.3 is 19.4 Å². The Balaban J connectivity index is 0.00000176. The van der Waals surface area contributed by atoms with Gasteiger partial charge in [-0.2, -0.15) is 13.2 Å². The second-order valence-electron chi connectivity index (χ2n) is 8.33. The van der Waals surface area contributed by atoms with Gasteiger partial charge in [-0.15, -0.1) is 11.8 Å². The minimum absolute atomic E-state index is 0.160. The van der Waals surface area contributed by atoms with Gasteiger partial charge in [0.1, 0.15) is 5.60 Å². The number of halogens is 3. The van der Waals surface area contributed by atoms with E-state index in [0.29, 0.717) is 48.9 Å². The first kappa shape index (κ1) is 26.2. The van der Waals surface area contributed by atoms with Crippen molar-refractivity contribution < 1.29 is 27.5 Å². The van der Waals surface area contributed by atoms with E-state index < -0.39 is 23.4 Å². The average molecular weight is 476 g/mol. The summed E-state index contributed by atoms with van der Waals surface area (Å²) in [5.41, 5.74) is -0.536. The Hall–Kier alpha value is -2.10. The standard InChI is InChI=1S/C20H26F3N3O3S.C2H6/c1-19(2,3)29-18(28)25-8-6-24(7-9-25)17(27)26-10-11-30-16-12-15(20(21,22)23)5-4-14(16)13-26;1-2/h4-5,12H,6-11,13H2,1-3H3;1-2H3. The first-order valence-corrected chi connectivity index (χ1v) is 11.8. The largest absolute Gasteiger partial charge is 0.444 e. The Morgan fingerprint density at radius 3 is 2.09 bits per heavy atom. The number of rotatable bonds is 0. The fraction of sp³-hybridized carbons (Fsp3) is 0.636. The zero-order valence-electron chi connectivity index (χ0n) is 19.3. The normalized spacial score (nSPS) is 17.1. The van der Waals surface area contributed by atoms with E-state index in [4.69, 9.17) is 4.74 Å². The fourth-order valence-corrected chi connectivity index (χ4v) is 4.38. The molecule has 0 bridgehead atoms. The van der Waals surface area contributed by atoms with E-state index in [2.05, 4.69) is 0 Å². The second kappa shape index (κ2) is 10.7. The predicted octanol–water partition coefficient (Wildman–Crippen LogP) is 5.31. The van der Waals surface area contributed by atoms with Crippen LogP contribution in [0.15, 0.2) is 23.1 Å². The minimum atomic E-state index is -4.38. The number of piperazine rings is 1. The molecule has 1 aromatic rings. The molecule has 0 spiro atoms. The molecule has 1 saturated heterocycles. The van der Waals surface area contributed by atoms with E-state index in [0.717, 1.165) is 12.1 Å². The van der Waals surface area contributed by atoms with Crippen molar-refractivity contribution in [1.82, 2.24) is 14.7 Å².